The summed E-state index contributed by atoms with van der Waals surface area (Å²) < 4.78 is 11.6. The predicted octanol–water partition coefficient (Wildman–Crippen LogP) is 2.91. The van der Waals surface area contributed by atoms with Gasteiger partial charge in [-0.15, -0.1) is 5.10 Å². The topological polar surface area (TPSA) is 132 Å². The molecule has 0 radical (unpaired) electrons. The van der Waals surface area contributed by atoms with Gasteiger partial charge >= 0.3 is 5.97 Å². The number of amides is 2. The van der Waals surface area contributed by atoms with Crippen LogP contribution in [0.15, 0.2) is 77.6 Å². The van der Waals surface area contributed by atoms with E-state index in [1.807, 2.05) is 0 Å². The van der Waals surface area contributed by atoms with Crippen LogP contribution in [0.5, 0.6) is 5.75 Å². The number of carbonyl (C=O) groups is 3. The molecule has 0 saturated carbocycles. The lowest BCUT2D eigenvalue weighted by atomic mass is 10.1. The van der Waals surface area contributed by atoms with Crippen molar-refractivity contribution in [1.82, 2.24) is 14.6 Å². The first kappa shape index (κ1) is 26.8. The molecule has 0 saturated heterocycles. The average Bonchev–Trinajstić information content (AvgIpc) is 3.64. The molecule has 1 aliphatic rings. The summed E-state index contributed by atoms with van der Waals surface area (Å²) in [6.45, 7) is 1.70. The van der Waals surface area contributed by atoms with Crippen molar-refractivity contribution in [3.63, 3.8) is 0 Å². The molecule has 210 valence electrons. The third-order valence-corrected chi connectivity index (χ3v) is 7.67. The zero-order valence-corrected chi connectivity index (χ0v) is 23.3. The van der Waals surface area contributed by atoms with Gasteiger partial charge in [-0.25, -0.2) is 4.79 Å². The first-order valence-electron chi connectivity index (χ1n) is 12.9. The van der Waals surface area contributed by atoms with E-state index in [4.69, 9.17) is 9.47 Å². The number of anilines is 2. The quantitative estimate of drug-likeness (QED) is 0.290. The van der Waals surface area contributed by atoms with Gasteiger partial charge in [-0.2, -0.15) is 9.50 Å². The lowest BCUT2D eigenvalue weighted by molar-refractivity contribution is -0.118. The highest BCUT2D eigenvalue weighted by molar-refractivity contribution is 7.15. The van der Waals surface area contributed by atoms with E-state index in [0.717, 1.165) is 16.9 Å². The van der Waals surface area contributed by atoms with Crippen LogP contribution in [0.4, 0.5) is 11.4 Å². The van der Waals surface area contributed by atoms with E-state index in [0.29, 0.717) is 39.0 Å². The van der Waals surface area contributed by atoms with Crippen LogP contribution >= 0.6 is 11.3 Å². The molecule has 11 nitrogen and oxygen atoms in total. The van der Waals surface area contributed by atoms with Crippen molar-refractivity contribution in [2.45, 2.75) is 6.92 Å². The normalized spacial score (nSPS) is 13.8. The van der Waals surface area contributed by atoms with Gasteiger partial charge in [0.25, 0.3) is 11.5 Å². The molecule has 1 N–H and O–H groups in total. The standard InChI is InChI=1S/C30H23N5O6S/c1-3-41-29(39)18-8-12-19(13-9-18)31-23(36)16-34-22-7-5-4-6-21(22)24(27(34)37)25-28(38)35-30(42-25)32-26(33-35)17-10-14-20(40-2)15-11-17/h4-15H,3,16H2,1-2H3,(H,31,36). The molecule has 2 aromatic heterocycles. The maximum atomic E-state index is 13.7. The van der Waals surface area contributed by atoms with Gasteiger partial charge in [0.1, 0.15) is 16.8 Å². The van der Waals surface area contributed by atoms with Gasteiger partial charge in [0.15, 0.2) is 5.82 Å². The summed E-state index contributed by atoms with van der Waals surface area (Å²) in [5, 5.41) is 7.13. The van der Waals surface area contributed by atoms with Gasteiger partial charge in [0.2, 0.25) is 10.9 Å². The number of para-hydroxylation sites is 1. The number of nitrogens with one attached hydrogen (secondary N) is 1. The van der Waals surface area contributed by atoms with Crippen molar-refractivity contribution in [2.24, 2.45) is 0 Å². The predicted molar refractivity (Wildman–Crippen MR) is 157 cm³/mol. The molecule has 12 heteroatoms. The van der Waals surface area contributed by atoms with Crippen molar-refractivity contribution >= 4 is 51.0 Å². The van der Waals surface area contributed by atoms with E-state index in [9.17, 15) is 19.2 Å². The summed E-state index contributed by atoms with van der Waals surface area (Å²) in [5.74, 6) is -0.308. The summed E-state index contributed by atoms with van der Waals surface area (Å²) in [5.41, 5.74) is 2.33. The molecule has 2 amide bonds. The molecule has 0 bridgehead atoms. The molecular formula is C30H23N5O6S. The largest absolute Gasteiger partial charge is 0.497 e. The number of benzene rings is 3. The second-order valence-electron chi connectivity index (χ2n) is 9.22. The minimum absolute atomic E-state index is 0.196. The first-order chi connectivity index (χ1) is 20.4. The number of hydrogen-bond donors (Lipinski definition) is 1. The lowest BCUT2D eigenvalue weighted by Crippen LogP contribution is -2.37. The van der Waals surface area contributed by atoms with Crippen LogP contribution in [-0.4, -0.2) is 52.6 Å². The summed E-state index contributed by atoms with van der Waals surface area (Å²) in [6, 6.07) is 20.4. The minimum Gasteiger partial charge on any atom is -0.497 e. The van der Waals surface area contributed by atoms with Gasteiger partial charge in [-0.1, -0.05) is 29.5 Å². The summed E-state index contributed by atoms with van der Waals surface area (Å²) in [4.78, 5) is 58.2. The van der Waals surface area contributed by atoms with Crippen LogP contribution in [0.3, 0.4) is 0 Å². The van der Waals surface area contributed by atoms with Crippen molar-refractivity contribution < 1.29 is 23.9 Å². The van der Waals surface area contributed by atoms with Crippen molar-refractivity contribution in [1.29, 1.82) is 0 Å². The number of nitrogens with zero attached hydrogens (tertiary/aromatic N) is 4. The molecule has 0 fully saturated rings. The smallest absolute Gasteiger partial charge is 0.338 e. The number of rotatable bonds is 7. The zero-order chi connectivity index (χ0) is 29.4. The Bertz CT molecular complexity index is 1960. The van der Waals surface area contributed by atoms with Gasteiger partial charge in [-0.05, 0) is 61.5 Å². The SMILES string of the molecule is CCOC(=O)c1ccc(NC(=O)CN2C(=O)C(=c3sc4nc(-c5ccc(OC)cc5)nn4c3=O)c3ccccc32)cc1. The van der Waals surface area contributed by atoms with E-state index < -0.39 is 23.3 Å². The fourth-order valence-electron chi connectivity index (χ4n) is 4.65. The fourth-order valence-corrected chi connectivity index (χ4v) is 5.65. The molecule has 0 spiro atoms. The van der Waals surface area contributed by atoms with Crippen LogP contribution in [0, 0.1) is 0 Å². The highest BCUT2D eigenvalue weighted by Gasteiger charge is 2.35. The summed E-state index contributed by atoms with van der Waals surface area (Å²) in [7, 11) is 1.58. The van der Waals surface area contributed by atoms with Gasteiger partial charge in [0.05, 0.1) is 30.5 Å². The maximum absolute atomic E-state index is 13.7. The molecule has 0 atom stereocenters. The Labute approximate surface area is 242 Å². The summed E-state index contributed by atoms with van der Waals surface area (Å²) >= 11 is 1.07. The van der Waals surface area contributed by atoms with Gasteiger partial charge in [-0.3, -0.25) is 19.3 Å². The number of thiazole rings is 1. The van der Waals surface area contributed by atoms with Crippen LogP contribution in [-0.2, 0) is 14.3 Å². The van der Waals surface area contributed by atoms with Crippen molar-refractivity contribution in [3.8, 4) is 17.1 Å². The van der Waals surface area contributed by atoms with Crippen LogP contribution < -0.4 is 25.0 Å². The molecule has 42 heavy (non-hydrogen) atoms. The first-order valence-corrected chi connectivity index (χ1v) is 13.8. The molecule has 5 aromatic rings. The Kier molecular flexibility index (Phi) is 6.97. The third kappa shape index (κ3) is 4.77. The number of esters is 1. The van der Waals surface area contributed by atoms with Crippen LogP contribution in [0.25, 0.3) is 21.9 Å². The number of ether oxygens (including phenoxy) is 2. The van der Waals surface area contributed by atoms with E-state index in [1.54, 1.807) is 86.8 Å². The Hall–Kier alpha value is -5.36. The lowest BCUT2D eigenvalue weighted by Gasteiger charge is -2.16. The Morgan fingerprint density at radius 3 is 2.40 bits per heavy atom. The zero-order valence-electron chi connectivity index (χ0n) is 22.5. The fraction of sp³-hybridized carbons (Fsp3) is 0.133. The Morgan fingerprint density at radius 2 is 1.71 bits per heavy atom. The van der Waals surface area contributed by atoms with Crippen LogP contribution in [0.2, 0.25) is 0 Å². The Morgan fingerprint density at radius 1 is 0.976 bits per heavy atom. The van der Waals surface area contributed by atoms with E-state index in [-0.39, 0.29) is 23.3 Å². The van der Waals surface area contributed by atoms with E-state index in [1.165, 1.54) is 9.42 Å². The van der Waals surface area contributed by atoms with Gasteiger partial charge < -0.3 is 14.8 Å². The van der Waals surface area contributed by atoms with Gasteiger partial charge in [0, 0.05) is 16.8 Å². The van der Waals surface area contributed by atoms with Crippen molar-refractivity contribution in [3.05, 3.63) is 98.8 Å². The second kappa shape index (κ2) is 10.9. The monoisotopic (exact) mass is 581 g/mol. The number of aromatic nitrogens is 3. The molecule has 6 rings (SSSR count). The minimum atomic E-state index is -0.471. The van der Waals surface area contributed by atoms with Crippen LogP contribution in [0.1, 0.15) is 22.8 Å². The molecule has 0 aliphatic carbocycles. The molecule has 0 unspecified atom stereocenters. The highest BCUT2D eigenvalue weighted by atomic mass is 32.1. The molecule has 3 heterocycles. The molecule has 3 aromatic carbocycles. The molecular weight excluding hydrogens is 558 g/mol. The maximum Gasteiger partial charge on any atom is 0.338 e. The number of fused-ring (bicyclic) bond motifs is 2. The third-order valence-electron chi connectivity index (χ3n) is 6.64. The van der Waals surface area contributed by atoms with E-state index >= 15 is 0 Å². The number of hydrogen-bond acceptors (Lipinski definition) is 9. The molecule has 1 aliphatic heterocycles. The average molecular weight is 582 g/mol. The number of methoxy groups -OCH3 is 1. The number of carbonyl (C=O) groups excluding carboxylic acids is 3. The van der Waals surface area contributed by atoms with Crippen molar-refractivity contribution in [2.75, 3.05) is 30.5 Å². The second-order valence-corrected chi connectivity index (χ2v) is 10.2. The van der Waals surface area contributed by atoms with E-state index in [2.05, 4.69) is 15.4 Å². The summed E-state index contributed by atoms with van der Waals surface area (Å²) in [6.07, 6.45) is 0. The highest BCUT2D eigenvalue weighted by Crippen LogP contribution is 2.35. The Balaban J connectivity index is 1.29.